The van der Waals surface area contributed by atoms with E-state index in [1.165, 1.54) is 6.20 Å². The highest BCUT2D eigenvalue weighted by Gasteiger charge is 2.30. The zero-order valence-electron chi connectivity index (χ0n) is 19.0. The SMILES string of the molecule is C=CNC(=O)C(CCC)N1Cc2nc(CN3CCN(C(C)(C)C)CC3)ccc2CO1. The molecule has 2 aliphatic rings. The first kappa shape index (κ1) is 22.9. The zero-order valence-corrected chi connectivity index (χ0v) is 19.0. The number of rotatable bonds is 7. The second kappa shape index (κ2) is 10.0. The van der Waals surface area contributed by atoms with Crippen molar-refractivity contribution >= 4 is 5.91 Å². The Kier molecular flexibility index (Phi) is 7.63. The standard InChI is InChI=1S/C23H37N5O2/c1-6-8-21(22(29)24-7-2)28-16-20-18(17-30-28)9-10-19(25-20)15-26-11-13-27(14-12-26)23(3,4)5/h7,9-10,21H,2,6,8,11-17H2,1,3-5H3,(H,24,29). The third-order valence-electron chi connectivity index (χ3n) is 5.98. The van der Waals surface area contributed by atoms with E-state index in [0.29, 0.717) is 13.2 Å². The molecule has 7 nitrogen and oxygen atoms in total. The Hall–Kier alpha value is -1.80. The summed E-state index contributed by atoms with van der Waals surface area (Å²) in [6, 6.07) is 3.90. The molecule has 30 heavy (non-hydrogen) atoms. The molecule has 1 amide bonds. The molecule has 166 valence electrons. The summed E-state index contributed by atoms with van der Waals surface area (Å²) < 4.78 is 0. The zero-order chi connectivity index (χ0) is 21.7. The normalized spacial score (nSPS) is 19.9. The van der Waals surface area contributed by atoms with Gasteiger partial charge in [0.05, 0.1) is 24.5 Å². The Morgan fingerprint density at radius 1 is 1.30 bits per heavy atom. The highest BCUT2D eigenvalue weighted by atomic mass is 16.7. The average Bonchev–Trinajstić information content (AvgIpc) is 2.71. The Morgan fingerprint density at radius 2 is 2.03 bits per heavy atom. The van der Waals surface area contributed by atoms with Crippen LogP contribution in [0.3, 0.4) is 0 Å². The van der Waals surface area contributed by atoms with Gasteiger partial charge < -0.3 is 5.32 Å². The second-order valence-corrected chi connectivity index (χ2v) is 9.21. The van der Waals surface area contributed by atoms with Crippen LogP contribution in [0.4, 0.5) is 0 Å². The fraction of sp³-hybridized carbons (Fsp3) is 0.652. The largest absolute Gasteiger partial charge is 0.332 e. The van der Waals surface area contributed by atoms with Gasteiger partial charge in [0.1, 0.15) is 6.04 Å². The van der Waals surface area contributed by atoms with E-state index in [0.717, 1.165) is 62.5 Å². The van der Waals surface area contributed by atoms with Gasteiger partial charge in [-0.05, 0) is 39.5 Å². The lowest BCUT2D eigenvalue weighted by molar-refractivity contribution is -0.214. The number of carbonyl (C=O) groups is 1. The van der Waals surface area contributed by atoms with Gasteiger partial charge in [-0.1, -0.05) is 26.0 Å². The average molecular weight is 416 g/mol. The van der Waals surface area contributed by atoms with Crippen LogP contribution < -0.4 is 5.32 Å². The number of piperazine rings is 1. The monoisotopic (exact) mass is 415 g/mol. The molecule has 1 unspecified atom stereocenters. The topological polar surface area (TPSA) is 60.9 Å². The van der Waals surface area contributed by atoms with Crippen LogP contribution in [0.2, 0.25) is 0 Å². The molecule has 1 atom stereocenters. The summed E-state index contributed by atoms with van der Waals surface area (Å²) in [4.78, 5) is 28.3. The molecule has 0 aromatic carbocycles. The highest BCUT2D eigenvalue weighted by molar-refractivity contribution is 5.82. The molecule has 0 aliphatic carbocycles. The number of amides is 1. The van der Waals surface area contributed by atoms with Crippen LogP contribution in [0.25, 0.3) is 0 Å². The molecule has 7 heteroatoms. The van der Waals surface area contributed by atoms with Crippen LogP contribution in [0.5, 0.6) is 0 Å². The molecular weight excluding hydrogens is 378 g/mol. The van der Waals surface area contributed by atoms with Crippen molar-refractivity contribution in [2.45, 2.75) is 71.8 Å². The summed E-state index contributed by atoms with van der Waals surface area (Å²) in [6.07, 6.45) is 3.06. The van der Waals surface area contributed by atoms with E-state index in [-0.39, 0.29) is 17.5 Å². The molecule has 0 bridgehead atoms. The molecule has 1 saturated heterocycles. The molecule has 1 N–H and O–H groups in total. The summed E-state index contributed by atoms with van der Waals surface area (Å²) in [5.74, 6) is -0.0804. The maximum Gasteiger partial charge on any atom is 0.243 e. The Morgan fingerprint density at radius 3 is 2.67 bits per heavy atom. The maximum absolute atomic E-state index is 12.4. The molecular formula is C23H37N5O2. The fourth-order valence-electron chi connectivity index (χ4n) is 4.16. The van der Waals surface area contributed by atoms with Crippen molar-refractivity contribution in [1.29, 1.82) is 0 Å². The number of aromatic nitrogens is 1. The first-order chi connectivity index (χ1) is 14.3. The number of carbonyl (C=O) groups excluding carboxylic acids is 1. The summed E-state index contributed by atoms with van der Waals surface area (Å²) in [5.41, 5.74) is 3.43. The highest BCUT2D eigenvalue weighted by Crippen LogP contribution is 2.23. The van der Waals surface area contributed by atoms with Gasteiger partial charge in [-0.25, -0.2) is 0 Å². The minimum absolute atomic E-state index is 0.0804. The first-order valence-electron chi connectivity index (χ1n) is 11.1. The van der Waals surface area contributed by atoms with Gasteiger partial charge in [0.2, 0.25) is 5.91 Å². The Bertz CT molecular complexity index is 738. The van der Waals surface area contributed by atoms with E-state index >= 15 is 0 Å². The van der Waals surface area contributed by atoms with Crippen molar-refractivity contribution in [2.75, 3.05) is 26.2 Å². The van der Waals surface area contributed by atoms with E-state index in [4.69, 9.17) is 9.82 Å². The summed E-state index contributed by atoms with van der Waals surface area (Å²) in [7, 11) is 0. The number of nitrogens with one attached hydrogen (secondary N) is 1. The van der Waals surface area contributed by atoms with E-state index in [1.54, 1.807) is 5.06 Å². The molecule has 0 saturated carbocycles. The van der Waals surface area contributed by atoms with Crippen LogP contribution >= 0.6 is 0 Å². The van der Waals surface area contributed by atoms with Gasteiger partial charge in [-0.2, -0.15) is 5.06 Å². The van der Waals surface area contributed by atoms with Crippen molar-refractivity contribution in [3.8, 4) is 0 Å². The molecule has 2 aliphatic heterocycles. The number of pyridine rings is 1. The molecule has 3 heterocycles. The molecule has 1 aromatic heterocycles. The molecule has 1 aromatic rings. The van der Waals surface area contributed by atoms with Gasteiger partial charge in [0, 0.05) is 43.8 Å². The number of hydrogen-bond acceptors (Lipinski definition) is 6. The predicted octanol–water partition coefficient (Wildman–Crippen LogP) is 2.67. The van der Waals surface area contributed by atoms with Crippen LogP contribution in [0.1, 0.15) is 57.5 Å². The molecule has 0 spiro atoms. The minimum Gasteiger partial charge on any atom is -0.332 e. The van der Waals surface area contributed by atoms with E-state index in [1.807, 2.05) is 0 Å². The molecule has 0 radical (unpaired) electrons. The fourth-order valence-corrected chi connectivity index (χ4v) is 4.16. The van der Waals surface area contributed by atoms with Gasteiger partial charge in [-0.15, -0.1) is 0 Å². The molecule has 3 rings (SSSR count). The van der Waals surface area contributed by atoms with Crippen LogP contribution in [-0.4, -0.2) is 63.5 Å². The van der Waals surface area contributed by atoms with Crippen LogP contribution in [0.15, 0.2) is 24.9 Å². The third-order valence-corrected chi connectivity index (χ3v) is 5.98. The Balaban J connectivity index is 1.64. The number of hydroxylamine groups is 2. The maximum atomic E-state index is 12.4. The smallest absolute Gasteiger partial charge is 0.243 e. The van der Waals surface area contributed by atoms with E-state index in [2.05, 4.69) is 61.5 Å². The second-order valence-electron chi connectivity index (χ2n) is 9.21. The van der Waals surface area contributed by atoms with Crippen molar-refractivity contribution in [3.63, 3.8) is 0 Å². The number of nitrogens with zero attached hydrogens (tertiary/aromatic N) is 4. The predicted molar refractivity (Wildman–Crippen MR) is 118 cm³/mol. The Labute approximate surface area is 181 Å². The third kappa shape index (κ3) is 5.66. The van der Waals surface area contributed by atoms with Crippen molar-refractivity contribution in [2.24, 2.45) is 0 Å². The lowest BCUT2D eigenvalue weighted by Crippen LogP contribution is -2.53. The lowest BCUT2D eigenvalue weighted by Gasteiger charge is -2.42. The number of fused-ring (bicyclic) bond motifs is 1. The minimum atomic E-state index is -0.336. The summed E-state index contributed by atoms with van der Waals surface area (Å²) >= 11 is 0. The first-order valence-corrected chi connectivity index (χ1v) is 11.1. The summed E-state index contributed by atoms with van der Waals surface area (Å²) in [5, 5.41) is 4.48. The quantitative estimate of drug-likeness (QED) is 0.739. The van der Waals surface area contributed by atoms with E-state index in [9.17, 15) is 4.79 Å². The van der Waals surface area contributed by atoms with Gasteiger partial charge in [0.15, 0.2) is 0 Å². The van der Waals surface area contributed by atoms with Gasteiger partial charge in [0.25, 0.3) is 0 Å². The van der Waals surface area contributed by atoms with Crippen molar-refractivity contribution < 1.29 is 9.63 Å². The van der Waals surface area contributed by atoms with Crippen molar-refractivity contribution in [3.05, 3.63) is 41.9 Å². The van der Waals surface area contributed by atoms with Crippen LogP contribution in [-0.2, 0) is 29.3 Å². The molecule has 1 fully saturated rings. The lowest BCUT2D eigenvalue weighted by atomic mass is 10.0. The van der Waals surface area contributed by atoms with Crippen molar-refractivity contribution in [1.82, 2.24) is 25.2 Å². The summed E-state index contributed by atoms with van der Waals surface area (Å²) in [6.45, 7) is 18.7. The number of hydrogen-bond donors (Lipinski definition) is 1. The van der Waals surface area contributed by atoms with Crippen LogP contribution in [0, 0.1) is 0 Å². The van der Waals surface area contributed by atoms with Gasteiger partial charge >= 0.3 is 0 Å². The van der Waals surface area contributed by atoms with E-state index < -0.39 is 0 Å². The van der Waals surface area contributed by atoms with Gasteiger partial charge in [-0.3, -0.25) is 24.4 Å².